The summed E-state index contributed by atoms with van der Waals surface area (Å²) < 4.78 is 27.1. The van der Waals surface area contributed by atoms with E-state index in [9.17, 15) is 18.3 Å². The molecule has 0 amide bonds. The highest BCUT2D eigenvalue weighted by atomic mass is 35.5. The topological polar surface area (TPSA) is 104 Å². The van der Waals surface area contributed by atoms with Crippen LogP contribution < -0.4 is 4.72 Å². The second-order valence-electron chi connectivity index (χ2n) is 4.94. The minimum atomic E-state index is -4.06. The number of aliphatic hydroxyl groups is 1. The molecule has 0 heterocycles. The third-order valence-corrected chi connectivity index (χ3v) is 5.96. The Morgan fingerprint density at radius 2 is 1.95 bits per heavy atom. The van der Waals surface area contributed by atoms with Crippen molar-refractivity contribution in [1.82, 2.24) is 4.72 Å². The number of hydrogen-bond acceptors (Lipinski definition) is 4. The maximum atomic E-state index is 12.4. The zero-order valence-electron chi connectivity index (χ0n) is 10.8. The zero-order chi connectivity index (χ0) is 15.8. The lowest BCUT2D eigenvalue weighted by molar-refractivity contribution is 0.0697. The summed E-state index contributed by atoms with van der Waals surface area (Å²) in [5.41, 5.74) is -1.36. The molecule has 9 heteroatoms. The third kappa shape index (κ3) is 3.02. The Morgan fingerprint density at radius 3 is 2.38 bits per heavy atom. The molecule has 116 valence electrons. The molecule has 0 radical (unpaired) electrons. The van der Waals surface area contributed by atoms with E-state index in [2.05, 4.69) is 4.72 Å². The number of benzene rings is 1. The summed E-state index contributed by atoms with van der Waals surface area (Å²) >= 11 is 11.6. The Kier molecular flexibility index (Phi) is 4.51. The van der Waals surface area contributed by atoms with Crippen molar-refractivity contribution in [3.8, 4) is 0 Å². The molecular weight excluding hydrogens is 341 g/mol. The van der Waals surface area contributed by atoms with Gasteiger partial charge in [0.2, 0.25) is 10.0 Å². The molecule has 0 aromatic heterocycles. The van der Waals surface area contributed by atoms with Gasteiger partial charge in [0.15, 0.2) is 0 Å². The molecule has 21 heavy (non-hydrogen) atoms. The van der Waals surface area contributed by atoms with Crippen LogP contribution in [0.15, 0.2) is 17.0 Å². The highest BCUT2D eigenvalue weighted by molar-refractivity contribution is 7.89. The van der Waals surface area contributed by atoms with E-state index in [1.165, 1.54) is 0 Å². The minimum Gasteiger partial charge on any atom is -0.478 e. The lowest BCUT2D eigenvalue weighted by Crippen LogP contribution is -2.56. The average molecular weight is 354 g/mol. The van der Waals surface area contributed by atoms with Gasteiger partial charge < -0.3 is 10.2 Å². The first-order valence-electron chi connectivity index (χ1n) is 6.08. The Balaban J connectivity index is 2.46. The van der Waals surface area contributed by atoms with Crippen LogP contribution in [0.25, 0.3) is 0 Å². The lowest BCUT2D eigenvalue weighted by atomic mass is 9.78. The first kappa shape index (κ1) is 16.5. The second-order valence-corrected chi connectivity index (χ2v) is 7.37. The normalized spacial score (nSPS) is 17.3. The summed E-state index contributed by atoms with van der Waals surface area (Å²) in [4.78, 5) is 10.7. The van der Waals surface area contributed by atoms with Crippen LogP contribution >= 0.6 is 23.2 Å². The van der Waals surface area contributed by atoms with Gasteiger partial charge in [0.25, 0.3) is 0 Å². The van der Waals surface area contributed by atoms with Crippen LogP contribution in [0.4, 0.5) is 0 Å². The fourth-order valence-electron chi connectivity index (χ4n) is 2.17. The van der Waals surface area contributed by atoms with Crippen molar-refractivity contribution in [2.45, 2.75) is 29.7 Å². The molecule has 6 nitrogen and oxygen atoms in total. The minimum absolute atomic E-state index is 0.146. The molecule has 0 saturated heterocycles. The quantitative estimate of drug-likeness (QED) is 0.749. The molecule has 0 atom stereocenters. The van der Waals surface area contributed by atoms with Crippen LogP contribution in [0, 0.1) is 0 Å². The van der Waals surface area contributed by atoms with Crippen molar-refractivity contribution in [2.75, 3.05) is 6.61 Å². The Bertz CT molecular complexity index is 680. The summed E-state index contributed by atoms with van der Waals surface area (Å²) in [6.45, 7) is -0.330. The van der Waals surface area contributed by atoms with Crippen molar-refractivity contribution in [3.63, 3.8) is 0 Å². The van der Waals surface area contributed by atoms with E-state index in [0.717, 1.165) is 18.6 Å². The van der Waals surface area contributed by atoms with Crippen molar-refractivity contribution in [3.05, 3.63) is 27.7 Å². The average Bonchev–Trinajstić information content (AvgIpc) is 2.33. The summed E-state index contributed by atoms with van der Waals surface area (Å²) in [7, 11) is -4.06. The standard InChI is InChI=1S/C12H13Cl2NO5S/c13-7-2-3-8(10(14)9(7)11(17)18)21(19,20)15-12(6-16)4-1-5-12/h2-3,15-16H,1,4-6H2,(H,17,18). The van der Waals surface area contributed by atoms with E-state index in [4.69, 9.17) is 28.3 Å². The van der Waals surface area contributed by atoms with Gasteiger partial charge in [0.05, 0.1) is 27.8 Å². The largest absolute Gasteiger partial charge is 0.478 e. The van der Waals surface area contributed by atoms with Gasteiger partial charge in [-0.05, 0) is 31.4 Å². The van der Waals surface area contributed by atoms with Gasteiger partial charge >= 0.3 is 5.97 Å². The van der Waals surface area contributed by atoms with Gasteiger partial charge in [0, 0.05) is 0 Å². The fourth-order valence-corrected chi connectivity index (χ4v) is 4.54. The number of sulfonamides is 1. The van der Waals surface area contributed by atoms with E-state index >= 15 is 0 Å². The molecule has 0 aliphatic heterocycles. The summed E-state index contributed by atoms with van der Waals surface area (Å²) in [5, 5.41) is 17.8. The van der Waals surface area contributed by atoms with Gasteiger partial charge in [-0.2, -0.15) is 0 Å². The zero-order valence-corrected chi connectivity index (χ0v) is 13.1. The first-order valence-corrected chi connectivity index (χ1v) is 8.32. The van der Waals surface area contributed by atoms with Crippen LogP contribution in [0.1, 0.15) is 29.6 Å². The van der Waals surface area contributed by atoms with E-state index in [0.29, 0.717) is 12.8 Å². The predicted octanol–water partition coefficient (Wildman–Crippen LogP) is 1.88. The van der Waals surface area contributed by atoms with Crippen LogP contribution in [0.3, 0.4) is 0 Å². The third-order valence-electron chi connectivity index (χ3n) is 3.52. The van der Waals surface area contributed by atoms with Crippen LogP contribution in [-0.4, -0.2) is 36.7 Å². The molecule has 1 aliphatic rings. The number of rotatable bonds is 5. The summed E-state index contributed by atoms with van der Waals surface area (Å²) in [6.07, 6.45) is 1.83. The number of carbonyl (C=O) groups is 1. The van der Waals surface area contributed by atoms with Gasteiger partial charge in [-0.3, -0.25) is 0 Å². The number of halogens is 2. The van der Waals surface area contributed by atoms with E-state index < -0.39 is 32.1 Å². The van der Waals surface area contributed by atoms with E-state index in [-0.39, 0.29) is 16.5 Å². The molecule has 1 aliphatic carbocycles. The maximum absolute atomic E-state index is 12.4. The van der Waals surface area contributed by atoms with Gasteiger partial charge in [-0.15, -0.1) is 0 Å². The number of nitrogens with one attached hydrogen (secondary N) is 1. The predicted molar refractivity (Wildman–Crippen MR) is 77.4 cm³/mol. The van der Waals surface area contributed by atoms with Gasteiger partial charge in [-0.1, -0.05) is 23.2 Å². The molecule has 1 fully saturated rings. The maximum Gasteiger partial charge on any atom is 0.338 e. The molecule has 1 aromatic carbocycles. The molecule has 0 bridgehead atoms. The highest BCUT2D eigenvalue weighted by Crippen LogP contribution is 2.35. The Labute approximate surface area is 131 Å². The van der Waals surface area contributed by atoms with Crippen molar-refractivity contribution >= 4 is 39.2 Å². The van der Waals surface area contributed by atoms with Gasteiger partial charge in [-0.25, -0.2) is 17.9 Å². The molecule has 0 spiro atoms. The monoisotopic (exact) mass is 353 g/mol. The van der Waals surface area contributed by atoms with Crippen LogP contribution in [0.5, 0.6) is 0 Å². The van der Waals surface area contributed by atoms with E-state index in [1.807, 2.05) is 0 Å². The van der Waals surface area contributed by atoms with Gasteiger partial charge in [0.1, 0.15) is 4.90 Å². The Hall–Kier alpha value is -0.860. The SMILES string of the molecule is O=C(O)c1c(Cl)ccc(S(=O)(=O)NC2(CO)CCC2)c1Cl. The van der Waals surface area contributed by atoms with Crippen LogP contribution in [0.2, 0.25) is 10.0 Å². The van der Waals surface area contributed by atoms with Crippen LogP contribution in [-0.2, 0) is 10.0 Å². The van der Waals surface area contributed by atoms with Crippen molar-refractivity contribution in [2.24, 2.45) is 0 Å². The number of carboxylic acid groups (broad SMARTS) is 1. The second kappa shape index (κ2) is 5.73. The number of carboxylic acids is 1. The van der Waals surface area contributed by atoms with E-state index in [1.54, 1.807) is 0 Å². The smallest absolute Gasteiger partial charge is 0.338 e. The molecule has 3 N–H and O–H groups in total. The molecular formula is C12H13Cl2NO5S. The molecule has 2 rings (SSSR count). The summed E-state index contributed by atoms with van der Waals surface area (Å²) in [5.74, 6) is -1.41. The number of hydrogen-bond donors (Lipinski definition) is 3. The number of aliphatic hydroxyl groups excluding tert-OH is 1. The highest BCUT2D eigenvalue weighted by Gasteiger charge is 2.41. The molecule has 1 saturated carbocycles. The molecule has 1 aromatic rings. The lowest BCUT2D eigenvalue weighted by Gasteiger charge is -2.40. The first-order chi connectivity index (χ1) is 9.72. The Morgan fingerprint density at radius 1 is 1.33 bits per heavy atom. The van der Waals surface area contributed by atoms with Crippen molar-refractivity contribution < 1.29 is 23.4 Å². The van der Waals surface area contributed by atoms with Crippen molar-refractivity contribution in [1.29, 1.82) is 0 Å². The summed E-state index contributed by atoms with van der Waals surface area (Å²) in [6, 6.07) is 2.31. The molecule has 0 unspecified atom stereocenters. The number of aromatic carboxylic acids is 1. The fraction of sp³-hybridized carbons (Fsp3) is 0.417.